The monoisotopic (exact) mass is 280 g/mol. The fourth-order valence-corrected chi connectivity index (χ4v) is 2.99. The predicted molar refractivity (Wildman–Crippen MR) is 81.5 cm³/mol. The Balaban J connectivity index is 2.05. The van der Waals surface area contributed by atoms with Crippen LogP contribution in [0.2, 0.25) is 0 Å². The first-order chi connectivity index (χ1) is 9.75. The van der Waals surface area contributed by atoms with Crippen molar-refractivity contribution in [2.45, 2.75) is 0 Å². The van der Waals surface area contributed by atoms with Crippen molar-refractivity contribution in [3.8, 4) is 21.0 Å². The highest BCUT2D eigenvalue weighted by molar-refractivity contribution is 7.18. The van der Waals surface area contributed by atoms with Crippen molar-refractivity contribution in [2.24, 2.45) is 5.73 Å². The highest BCUT2D eigenvalue weighted by Crippen LogP contribution is 2.33. The van der Waals surface area contributed by atoms with E-state index in [9.17, 15) is 4.79 Å². The fourth-order valence-electron chi connectivity index (χ4n) is 2.03. The van der Waals surface area contributed by atoms with Gasteiger partial charge in [0.15, 0.2) is 0 Å². The minimum absolute atomic E-state index is 0.421. The van der Waals surface area contributed by atoms with Crippen LogP contribution in [0.25, 0.3) is 21.0 Å². The molecule has 0 atom stereocenters. The van der Waals surface area contributed by atoms with Gasteiger partial charge in [-0.25, -0.2) is 4.98 Å². The molecule has 0 unspecified atom stereocenters. The van der Waals surface area contributed by atoms with Crippen LogP contribution in [-0.4, -0.2) is 10.9 Å². The van der Waals surface area contributed by atoms with Crippen molar-refractivity contribution >= 4 is 17.2 Å². The first kappa shape index (κ1) is 12.6. The predicted octanol–water partition coefficient (Wildman–Crippen LogP) is 3.58. The third-order valence-corrected chi connectivity index (χ3v) is 4.06. The first-order valence-electron chi connectivity index (χ1n) is 6.16. The Bertz CT molecular complexity index is 750. The Morgan fingerprint density at radius 3 is 2.45 bits per heavy atom. The van der Waals surface area contributed by atoms with Gasteiger partial charge in [-0.2, -0.15) is 0 Å². The number of amides is 1. The molecule has 1 aromatic heterocycles. The number of carbonyl (C=O) groups is 1. The minimum Gasteiger partial charge on any atom is -0.366 e. The lowest BCUT2D eigenvalue weighted by Gasteiger charge is -2.02. The standard InChI is InChI=1S/C16H12N2OS/c17-15(19)13-9-5-4-8-12(13)14-10-18-16(20-14)11-6-2-1-3-7-11/h1-10H,(H2,17,19). The molecule has 1 heterocycles. The highest BCUT2D eigenvalue weighted by Gasteiger charge is 2.12. The third kappa shape index (κ3) is 2.33. The number of thiazole rings is 1. The number of aromatic nitrogens is 1. The molecule has 0 fully saturated rings. The summed E-state index contributed by atoms with van der Waals surface area (Å²) in [6.07, 6.45) is 1.79. The van der Waals surface area contributed by atoms with E-state index in [4.69, 9.17) is 5.73 Å². The Kier molecular flexibility index (Phi) is 3.31. The summed E-state index contributed by atoms with van der Waals surface area (Å²) in [7, 11) is 0. The summed E-state index contributed by atoms with van der Waals surface area (Å²) in [6.45, 7) is 0. The zero-order chi connectivity index (χ0) is 13.9. The number of nitrogens with two attached hydrogens (primary N) is 1. The molecular formula is C16H12N2OS. The smallest absolute Gasteiger partial charge is 0.249 e. The van der Waals surface area contributed by atoms with Crippen molar-refractivity contribution in [1.82, 2.24) is 4.98 Å². The maximum atomic E-state index is 11.5. The highest BCUT2D eigenvalue weighted by atomic mass is 32.1. The van der Waals surface area contributed by atoms with E-state index in [-0.39, 0.29) is 0 Å². The molecule has 0 saturated carbocycles. The summed E-state index contributed by atoms with van der Waals surface area (Å²) in [5, 5.41) is 0.930. The van der Waals surface area contributed by atoms with E-state index < -0.39 is 5.91 Å². The number of nitrogens with zero attached hydrogens (tertiary/aromatic N) is 1. The van der Waals surface area contributed by atoms with Crippen molar-refractivity contribution in [3.63, 3.8) is 0 Å². The lowest BCUT2D eigenvalue weighted by atomic mass is 10.1. The molecular weight excluding hydrogens is 268 g/mol. The fraction of sp³-hybridized carbons (Fsp3) is 0. The summed E-state index contributed by atoms with van der Waals surface area (Å²) in [4.78, 5) is 16.9. The molecule has 2 aromatic carbocycles. The zero-order valence-electron chi connectivity index (χ0n) is 10.6. The molecule has 20 heavy (non-hydrogen) atoms. The van der Waals surface area contributed by atoms with E-state index in [0.717, 1.165) is 21.0 Å². The molecule has 0 aliphatic rings. The summed E-state index contributed by atoms with van der Waals surface area (Å²) in [5.74, 6) is -0.421. The van der Waals surface area contributed by atoms with Gasteiger partial charge in [-0.1, -0.05) is 48.5 Å². The van der Waals surface area contributed by atoms with E-state index in [1.165, 1.54) is 0 Å². The van der Waals surface area contributed by atoms with Crippen LogP contribution in [0, 0.1) is 0 Å². The Morgan fingerprint density at radius 2 is 1.70 bits per heavy atom. The quantitative estimate of drug-likeness (QED) is 0.797. The van der Waals surface area contributed by atoms with E-state index in [1.807, 2.05) is 48.5 Å². The van der Waals surface area contributed by atoms with Gasteiger partial charge in [0.1, 0.15) is 5.01 Å². The summed E-state index contributed by atoms with van der Waals surface area (Å²) >= 11 is 1.55. The maximum Gasteiger partial charge on any atom is 0.249 e. The lowest BCUT2D eigenvalue weighted by Crippen LogP contribution is -2.11. The van der Waals surface area contributed by atoms with Crippen molar-refractivity contribution < 1.29 is 4.79 Å². The second-order valence-electron chi connectivity index (χ2n) is 4.31. The van der Waals surface area contributed by atoms with Crippen molar-refractivity contribution in [1.29, 1.82) is 0 Å². The molecule has 0 aliphatic carbocycles. The third-order valence-electron chi connectivity index (χ3n) is 2.98. The molecule has 3 nitrogen and oxygen atoms in total. The van der Waals surface area contributed by atoms with Crippen LogP contribution in [0.1, 0.15) is 10.4 Å². The zero-order valence-corrected chi connectivity index (χ0v) is 11.4. The molecule has 3 aromatic rings. The van der Waals surface area contributed by atoms with E-state index in [2.05, 4.69) is 4.98 Å². The first-order valence-corrected chi connectivity index (χ1v) is 6.98. The number of primary amides is 1. The van der Waals surface area contributed by atoms with E-state index in [1.54, 1.807) is 23.6 Å². The van der Waals surface area contributed by atoms with Gasteiger partial charge in [0.25, 0.3) is 0 Å². The molecule has 2 N–H and O–H groups in total. The second kappa shape index (κ2) is 5.27. The van der Waals surface area contributed by atoms with Gasteiger partial charge in [0.2, 0.25) is 5.91 Å². The van der Waals surface area contributed by atoms with Crippen LogP contribution in [0.4, 0.5) is 0 Å². The number of benzene rings is 2. The topological polar surface area (TPSA) is 56.0 Å². The molecule has 3 rings (SSSR count). The molecule has 1 amide bonds. The van der Waals surface area contributed by atoms with Crippen molar-refractivity contribution in [3.05, 3.63) is 66.4 Å². The Hall–Kier alpha value is -2.46. The molecule has 98 valence electrons. The van der Waals surface area contributed by atoms with Crippen LogP contribution < -0.4 is 5.73 Å². The second-order valence-corrected chi connectivity index (χ2v) is 5.34. The molecule has 0 bridgehead atoms. The maximum absolute atomic E-state index is 11.5. The molecule has 4 heteroatoms. The van der Waals surface area contributed by atoms with E-state index in [0.29, 0.717) is 5.56 Å². The van der Waals surface area contributed by atoms with Crippen LogP contribution in [-0.2, 0) is 0 Å². The molecule has 0 radical (unpaired) electrons. The number of hydrogen-bond donors (Lipinski definition) is 1. The van der Waals surface area contributed by atoms with Gasteiger partial charge in [-0.3, -0.25) is 4.79 Å². The molecule has 0 spiro atoms. The normalized spacial score (nSPS) is 10.4. The SMILES string of the molecule is NC(=O)c1ccccc1-c1cnc(-c2ccccc2)s1. The summed E-state index contributed by atoms with van der Waals surface area (Å²) < 4.78 is 0. The molecule has 0 saturated heterocycles. The van der Waals surface area contributed by atoms with Crippen LogP contribution in [0.15, 0.2) is 60.8 Å². The number of carbonyl (C=O) groups excluding carboxylic acids is 1. The average Bonchev–Trinajstić information content (AvgIpc) is 2.98. The van der Waals surface area contributed by atoms with E-state index >= 15 is 0 Å². The molecule has 0 aliphatic heterocycles. The van der Waals surface area contributed by atoms with Gasteiger partial charge < -0.3 is 5.73 Å². The minimum atomic E-state index is -0.421. The van der Waals surface area contributed by atoms with Gasteiger partial charge in [0.05, 0.1) is 4.88 Å². The number of hydrogen-bond acceptors (Lipinski definition) is 3. The average molecular weight is 280 g/mol. The largest absolute Gasteiger partial charge is 0.366 e. The van der Waals surface area contributed by atoms with Crippen molar-refractivity contribution in [2.75, 3.05) is 0 Å². The lowest BCUT2D eigenvalue weighted by molar-refractivity contribution is 0.100. The van der Waals surface area contributed by atoms with Crippen LogP contribution in [0.3, 0.4) is 0 Å². The van der Waals surface area contributed by atoms with Gasteiger partial charge in [-0.15, -0.1) is 11.3 Å². The van der Waals surface area contributed by atoms with Gasteiger partial charge >= 0.3 is 0 Å². The summed E-state index contributed by atoms with van der Waals surface area (Å²) in [6, 6.07) is 17.3. The summed E-state index contributed by atoms with van der Waals surface area (Å²) in [5.41, 5.74) is 7.84. The van der Waals surface area contributed by atoms with Gasteiger partial charge in [-0.05, 0) is 6.07 Å². The Morgan fingerprint density at radius 1 is 1.00 bits per heavy atom. The van der Waals surface area contributed by atoms with Gasteiger partial charge in [0, 0.05) is 22.9 Å². The van der Waals surface area contributed by atoms with Crippen LogP contribution in [0.5, 0.6) is 0 Å². The Labute approximate surface area is 120 Å². The van der Waals surface area contributed by atoms with Crippen LogP contribution >= 0.6 is 11.3 Å². The number of rotatable bonds is 3.